The molecule has 0 aliphatic heterocycles. The second-order valence-electron chi connectivity index (χ2n) is 7.29. The van der Waals surface area contributed by atoms with Crippen LogP contribution < -0.4 is 4.74 Å². The minimum Gasteiger partial charge on any atom is -0.478 e. The SMILES string of the molecule is O=C(O)c1c2c(nc3ccccc13)/C(=C\c1ccc(Oc3ccccc3)cc1)CC2. The van der Waals surface area contributed by atoms with E-state index < -0.39 is 5.97 Å². The Bertz CT molecular complexity index is 1280. The number of fused-ring (bicyclic) bond motifs is 2. The van der Waals surface area contributed by atoms with Crippen LogP contribution in [0.25, 0.3) is 22.6 Å². The van der Waals surface area contributed by atoms with Gasteiger partial charge < -0.3 is 9.84 Å². The molecule has 0 atom stereocenters. The molecule has 0 spiro atoms. The van der Waals surface area contributed by atoms with Crippen LogP contribution in [-0.4, -0.2) is 16.1 Å². The lowest BCUT2D eigenvalue weighted by Gasteiger charge is -2.09. The van der Waals surface area contributed by atoms with Gasteiger partial charge >= 0.3 is 5.97 Å². The van der Waals surface area contributed by atoms with Crippen LogP contribution >= 0.6 is 0 Å². The third kappa shape index (κ3) is 3.33. The normalized spacial score (nSPS) is 14.1. The smallest absolute Gasteiger partial charge is 0.336 e. The molecule has 4 nitrogen and oxygen atoms in total. The molecule has 3 aromatic carbocycles. The van der Waals surface area contributed by atoms with Crippen LogP contribution in [0.15, 0.2) is 78.9 Å². The van der Waals surface area contributed by atoms with Crippen molar-refractivity contribution >= 4 is 28.5 Å². The molecule has 1 aliphatic carbocycles. The molecule has 1 aliphatic rings. The van der Waals surface area contributed by atoms with Crippen LogP contribution in [-0.2, 0) is 6.42 Å². The van der Waals surface area contributed by atoms with Crippen molar-refractivity contribution in [3.05, 3.63) is 101 Å². The summed E-state index contributed by atoms with van der Waals surface area (Å²) in [5, 5.41) is 10.5. The fraction of sp³-hybridized carbons (Fsp3) is 0.0769. The molecular formula is C26H19NO3. The molecule has 1 N–H and O–H groups in total. The molecule has 5 rings (SSSR count). The predicted molar refractivity (Wildman–Crippen MR) is 118 cm³/mol. The molecule has 0 unspecified atom stereocenters. The summed E-state index contributed by atoms with van der Waals surface area (Å²) in [5.41, 5.74) is 4.82. The van der Waals surface area contributed by atoms with Gasteiger partial charge in [-0.3, -0.25) is 0 Å². The summed E-state index contributed by atoms with van der Waals surface area (Å²) < 4.78 is 5.85. The Hall–Kier alpha value is -3.92. The molecule has 0 saturated carbocycles. The van der Waals surface area contributed by atoms with Crippen molar-refractivity contribution in [2.45, 2.75) is 12.8 Å². The predicted octanol–water partition coefficient (Wildman–Crippen LogP) is 6.21. The number of carbonyl (C=O) groups is 1. The number of aromatic carboxylic acids is 1. The first-order chi connectivity index (χ1) is 14.7. The molecule has 0 amide bonds. The number of aromatic nitrogens is 1. The van der Waals surface area contributed by atoms with Crippen LogP contribution in [0.3, 0.4) is 0 Å². The molecule has 146 valence electrons. The van der Waals surface area contributed by atoms with Crippen LogP contribution in [0.1, 0.15) is 33.6 Å². The van der Waals surface area contributed by atoms with Crippen molar-refractivity contribution in [1.82, 2.24) is 4.98 Å². The van der Waals surface area contributed by atoms with E-state index in [1.165, 1.54) is 0 Å². The van der Waals surface area contributed by atoms with Gasteiger partial charge in [0, 0.05) is 5.39 Å². The number of hydrogen-bond acceptors (Lipinski definition) is 3. The van der Waals surface area contributed by atoms with E-state index in [1.807, 2.05) is 78.9 Å². The Morgan fingerprint density at radius 2 is 1.57 bits per heavy atom. The van der Waals surface area contributed by atoms with Gasteiger partial charge in [-0.2, -0.15) is 0 Å². The van der Waals surface area contributed by atoms with Gasteiger partial charge in [-0.05, 0) is 65.9 Å². The van der Waals surface area contributed by atoms with Gasteiger partial charge in [0.25, 0.3) is 0 Å². The highest BCUT2D eigenvalue weighted by molar-refractivity contribution is 6.06. The molecule has 4 heteroatoms. The number of hydrogen-bond donors (Lipinski definition) is 1. The lowest BCUT2D eigenvalue weighted by molar-refractivity contribution is 0.0698. The van der Waals surface area contributed by atoms with E-state index in [0.29, 0.717) is 22.9 Å². The quantitative estimate of drug-likeness (QED) is 0.448. The minimum atomic E-state index is -0.895. The van der Waals surface area contributed by atoms with Crippen molar-refractivity contribution < 1.29 is 14.6 Å². The summed E-state index contributed by atoms with van der Waals surface area (Å²) in [6, 6.07) is 25.0. The Kier molecular flexibility index (Phi) is 4.52. The lowest BCUT2D eigenvalue weighted by Crippen LogP contribution is -2.05. The Morgan fingerprint density at radius 1 is 0.867 bits per heavy atom. The summed E-state index contributed by atoms with van der Waals surface area (Å²) in [6.45, 7) is 0. The number of carboxylic acids is 1. The average Bonchev–Trinajstić information content (AvgIpc) is 3.16. The largest absolute Gasteiger partial charge is 0.478 e. The number of rotatable bonds is 4. The van der Waals surface area contributed by atoms with Gasteiger partial charge in [-0.1, -0.05) is 48.5 Å². The summed E-state index contributed by atoms with van der Waals surface area (Å²) in [5.74, 6) is 0.673. The standard InChI is InChI=1S/C26H19NO3/c28-26(29)24-21-8-4-5-9-23(21)27-25-18(12-15-22(24)25)16-17-10-13-20(14-11-17)30-19-6-2-1-3-7-19/h1-11,13-14,16H,12,15H2,(H,28,29)/b18-16-. The molecule has 1 aromatic heterocycles. The third-order valence-electron chi connectivity index (χ3n) is 5.36. The topological polar surface area (TPSA) is 59.4 Å². The number of para-hydroxylation sites is 2. The first kappa shape index (κ1) is 18.1. The van der Waals surface area contributed by atoms with Gasteiger partial charge in [0.05, 0.1) is 16.8 Å². The number of carboxylic acid groups (broad SMARTS) is 1. The van der Waals surface area contributed by atoms with E-state index >= 15 is 0 Å². The first-order valence-electron chi connectivity index (χ1n) is 9.88. The fourth-order valence-corrected chi connectivity index (χ4v) is 3.98. The van der Waals surface area contributed by atoms with Gasteiger partial charge in [-0.25, -0.2) is 9.78 Å². The lowest BCUT2D eigenvalue weighted by atomic mass is 10.0. The molecule has 0 bridgehead atoms. The number of benzene rings is 3. The fourth-order valence-electron chi connectivity index (χ4n) is 3.98. The highest BCUT2D eigenvalue weighted by atomic mass is 16.5. The van der Waals surface area contributed by atoms with Crippen molar-refractivity contribution in [2.24, 2.45) is 0 Å². The van der Waals surface area contributed by atoms with E-state index in [0.717, 1.165) is 40.3 Å². The molecule has 30 heavy (non-hydrogen) atoms. The number of nitrogens with zero attached hydrogens (tertiary/aromatic N) is 1. The maximum atomic E-state index is 12.0. The number of pyridine rings is 1. The zero-order valence-corrected chi connectivity index (χ0v) is 16.2. The van der Waals surface area contributed by atoms with E-state index in [-0.39, 0.29) is 0 Å². The highest BCUT2D eigenvalue weighted by Gasteiger charge is 2.26. The van der Waals surface area contributed by atoms with Gasteiger partial charge in [0.2, 0.25) is 0 Å². The van der Waals surface area contributed by atoms with Crippen molar-refractivity contribution in [3.63, 3.8) is 0 Å². The second kappa shape index (κ2) is 7.48. The summed E-state index contributed by atoms with van der Waals surface area (Å²) in [4.78, 5) is 16.8. The Morgan fingerprint density at radius 3 is 2.33 bits per heavy atom. The van der Waals surface area contributed by atoms with E-state index in [1.54, 1.807) is 0 Å². The van der Waals surface area contributed by atoms with Crippen LogP contribution in [0, 0.1) is 0 Å². The Balaban J connectivity index is 1.49. The maximum Gasteiger partial charge on any atom is 0.336 e. The molecule has 1 heterocycles. The van der Waals surface area contributed by atoms with Gasteiger partial charge in [0.15, 0.2) is 0 Å². The van der Waals surface area contributed by atoms with Gasteiger partial charge in [0.1, 0.15) is 11.5 Å². The average molecular weight is 393 g/mol. The van der Waals surface area contributed by atoms with Crippen LogP contribution in [0.5, 0.6) is 11.5 Å². The molecular weight excluding hydrogens is 374 g/mol. The minimum absolute atomic E-state index is 0.380. The van der Waals surface area contributed by atoms with E-state index in [2.05, 4.69) is 6.08 Å². The van der Waals surface area contributed by atoms with E-state index in [9.17, 15) is 9.90 Å². The van der Waals surface area contributed by atoms with Crippen molar-refractivity contribution in [1.29, 1.82) is 0 Å². The van der Waals surface area contributed by atoms with Crippen molar-refractivity contribution in [2.75, 3.05) is 0 Å². The monoisotopic (exact) mass is 393 g/mol. The molecule has 0 fully saturated rings. The molecule has 0 saturated heterocycles. The summed E-state index contributed by atoms with van der Waals surface area (Å²) >= 11 is 0. The summed E-state index contributed by atoms with van der Waals surface area (Å²) in [6.07, 6.45) is 3.56. The number of allylic oxidation sites excluding steroid dienone is 1. The summed E-state index contributed by atoms with van der Waals surface area (Å²) in [7, 11) is 0. The van der Waals surface area contributed by atoms with Crippen LogP contribution in [0.2, 0.25) is 0 Å². The maximum absolute atomic E-state index is 12.0. The first-order valence-corrected chi connectivity index (χ1v) is 9.88. The molecule has 4 aromatic rings. The molecule has 0 radical (unpaired) electrons. The Labute approximate surface area is 174 Å². The highest BCUT2D eigenvalue weighted by Crippen LogP contribution is 2.37. The van der Waals surface area contributed by atoms with E-state index in [4.69, 9.17) is 9.72 Å². The zero-order valence-electron chi connectivity index (χ0n) is 16.2. The third-order valence-corrected chi connectivity index (χ3v) is 5.36. The zero-order chi connectivity index (χ0) is 20.5. The van der Waals surface area contributed by atoms with Crippen molar-refractivity contribution in [3.8, 4) is 11.5 Å². The number of ether oxygens (including phenoxy) is 1. The second-order valence-corrected chi connectivity index (χ2v) is 7.29. The van der Waals surface area contributed by atoms with Gasteiger partial charge in [-0.15, -0.1) is 0 Å². The van der Waals surface area contributed by atoms with Crippen LogP contribution in [0.4, 0.5) is 0 Å².